The van der Waals surface area contributed by atoms with Crippen molar-refractivity contribution in [3.63, 3.8) is 0 Å². The van der Waals surface area contributed by atoms with Crippen molar-refractivity contribution in [2.24, 2.45) is 0 Å². The van der Waals surface area contributed by atoms with Crippen molar-refractivity contribution >= 4 is 0 Å². The van der Waals surface area contributed by atoms with E-state index in [2.05, 4.69) is 19.9 Å². The van der Waals surface area contributed by atoms with Crippen LogP contribution in [0.3, 0.4) is 0 Å². The second-order valence-electron chi connectivity index (χ2n) is 6.74. The van der Waals surface area contributed by atoms with Crippen LogP contribution in [0.2, 0.25) is 0 Å². The van der Waals surface area contributed by atoms with Crippen molar-refractivity contribution in [2.75, 3.05) is 0 Å². The lowest BCUT2D eigenvalue weighted by Crippen LogP contribution is -2.01. The van der Waals surface area contributed by atoms with Gasteiger partial charge in [0.15, 0.2) is 23.3 Å². The molecule has 0 aliphatic heterocycles. The number of nitrogens with zero attached hydrogens (tertiary/aromatic N) is 2. The number of aromatic amines is 2. The molecule has 0 bridgehead atoms. The van der Waals surface area contributed by atoms with E-state index in [1.807, 2.05) is 0 Å². The first-order valence-electron chi connectivity index (χ1n) is 9.24. The summed E-state index contributed by atoms with van der Waals surface area (Å²) < 4.78 is 52.8. The van der Waals surface area contributed by atoms with Crippen molar-refractivity contribution < 1.29 is 17.6 Å². The van der Waals surface area contributed by atoms with E-state index in [9.17, 15) is 17.6 Å². The standard InChI is InChI=1S/2C11H10F2N2/c2*1-7(10-5-14-6-15-10)8-3-2-4-9(12)11(8)13/h2*2-7H,1H3,(H,14,15)/t2*7-/m10/s1. The zero-order valence-electron chi connectivity index (χ0n) is 16.3. The van der Waals surface area contributed by atoms with E-state index < -0.39 is 23.3 Å². The fraction of sp³-hybridized carbons (Fsp3) is 0.182. The van der Waals surface area contributed by atoms with E-state index in [4.69, 9.17) is 0 Å². The van der Waals surface area contributed by atoms with Crippen LogP contribution < -0.4 is 0 Å². The first-order chi connectivity index (χ1) is 14.4. The summed E-state index contributed by atoms with van der Waals surface area (Å²) in [4.78, 5) is 13.5. The van der Waals surface area contributed by atoms with Crippen LogP contribution in [0.1, 0.15) is 48.2 Å². The average molecular weight is 416 g/mol. The molecule has 0 aliphatic carbocycles. The number of halogens is 4. The topological polar surface area (TPSA) is 57.4 Å². The Morgan fingerprint density at radius 2 is 1.07 bits per heavy atom. The SMILES string of the molecule is C[C@@H](c1cnc[nH]1)c1cccc(F)c1F.C[C@H](c1cnc[nH]1)c1cccc(F)c1F. The second-order valence-corrected chi connectivity index (χ2v) is 6.74. The van der Waals surface area contributed by atoms with Crippen LogP contribution in [0, 0.1) is 23.3 Å². The third kappa shape index (κ3) is 4.59. The average Bonchev–Trinajstić information content (AvgIpc) is 3.46. The first kappa shape index (κ1) is 21.3. The van der Waals surface area contributed by atoms with E-state index in [0.29, 0.717) is 11.1 Å². The molecule has 0 saturated carbocycles. The first-order valence-corrected chi connectivity index (χ1v) is 9.24. The predicted octanol–water partition coefficient (Wildman–Crippen LogP) is 5.68. The van der Waals surface area contributed by atoms with E-state index >= 15 is 0 Å². The van der Waals surface area contributed by atoms with Crippen LogP contribution in [0.4, 0.5) is 17.6 Å². The zero-order valence-corrected chi connectivity index (χ0v) is 16.3. The van der Waals surface area contributed by atoms with Gasteiger partial charge in [-0.05, 0) is 23.3 Å². The van der Waals surface area contributed by atoms with Crippen LogP contribution in [-0.4, -0.2) is 19.9 Å². The van der Waals surface area contributed by atoms with Gasteiger partial charge in [-0.25, -0.2) is 27.5 Å². The Morgan fingerprint density at radius 3 is 1.40 bits per heavy atom. The Balaban J connectivity index is 0.000000171. The lowest BCUT2D eigenvalue weighted by molar-refractivity contribution is 0.495. The Morgan fingerprint density at radius 1 is 0.667 bits per heavy atom. The van der Waals surface area contributed by atoms with Gasteiger partial charge in [-0.3, -0.25) is 0 Å². The van der Waals surface area contributed by atoms with Crippen molar-refractivity contribution in [3.8, 4) is 0 Å². The summed E-state index contributed by atoms with van der Waals surface area (Å²) in [5.41, 5.74) is 2.19. The highest BCUT2D eigenvalue weighted by Gasteiger charge is 2.17. The molecule has 8 heteroatoms. The van der Waals surface area contributed by atoms with E-state index in [1.54, 1.807) is 38.4 Å². The Labute approximate surface area is 171 Å². The molecule has 2 aromatic carbocycles. The van der Waals surface area contributed by atoms with E-state index in [-0.39, 0.29) is 11.8 Å². The molecule has 0 spiro atoms. The van der Waals surface area contributed by atoms with Crippen molar-refractivity contribution in [1.29, 1.82) is 0 Å². The molecular weight excluding hydrogens is 396 g/mol. The van der Waals surface area contributed by atoms with Gasteiger partial charge in [0.25, 0.3) is 0 Å². The Kier molecular flexibility index (Phi) is 6.66. The number of aromatic nitrogens is 4. The largest absolute Gasteiger partial charge is 0.348 e. The summed E-state index contributed by atoms with van der Waals surface area (Å²) in [6.07, 6.45) is 6.25. The minimum atomic E-state index is -0.820. The number of hydrogen-bond acceptors (Lipinski definition) is 2. The number of imidazole rings is 2. The molecule has 4 nitrogen and oxygen atoms in total. The maximum atomic E-state index is 13.4. The molecule has 0 fully saturated rings. The summed E-state index contributed by atoms with van der Waals surface area (Å²) >= 11 is 0. The molecule has 0 saturated heterocycles. The van der Waals surface area contributed by atoms with Gasteiger partial charge in [0.2, 0.25) is 0 Å². The van der Waals surface area contributed by atoms with Crippen LogP contribution in [0.25, 0.3) is 0 Å². The lowest BCUT2D eigenvalue weighted by Gasteiger charge is -2.10. The Bertz CT molecular complexity index is 991. The number of rotatable bonds is 4. The summed E-state index contributed by atoms with van der Waals surface area (Å²) in [7, 11) is 0. The van der Waals surface area contributed by atoms with Gasteiger partial charge in [0, 0.05) is 35.6 Å². The number of benzene rings is 2. The molecule has 0 unspecified atom stereocenters. The molecular formula is C22H20F4N4. The van der Waals surface area contributed by atoms with Crippen LogP contribution in [0.5, 0.6) is 0 Å². The van der Waals surface area contributed by atoms with Crippen LogP contribution in [0.15, 0.2) is 61.4 Å². The van der Waals surface area contributed by atoms with Crippen molar-refractivity contribution in [1.82, 2.24) is 19.9 Å². The third-order valence-electron chi connectivity index (χ3n) is 4.87. The number of H-pyrrole nitrogens is 2. The molecule has 2 heterocycles. The van der Waals surface area contributed by atoms with Crippen LogP contribution in [-0.2, 0) is 0 Å². The van der Waals surface area contributed by atoms with Gasteiger partial charge >= 0.3 is 0 Å². The van der Waals surface area contributed by atoms with E-state index in [1.165, 1.54) is 24.8 Å². The highest BCUT2D eigenvalue weighted by atomic mass is 19.2. The van der Waals surface area contributed by atoms with Gasteiger partial charge in [0.05, 0.1) is 12.7 Å². The minimum absolute atomic E-state index is 0.233. The predicted molar refractivity (Wildman–Crippen MR) is 105 cm³/mol. The summed E-state index contributed by atoms with van der Waals surface area (Å²) in [5, 5.41) is 0. The molecule has 4 aromatic rings. The monoisotopic (exact) mass is 416 g/mol. The van der Waals surface area contributed by atoms with Gasteiger partial charge in [0.1, 0.15) is 0 Å². The van der Waals surface area contributed by atoms with Gasteiger partial charge in [-0.2, -0.15) is 0 Å². The summed E-state index contributed by atoms with van der Waals surface area (Å²) in [5.74, 6) is -3.69. The van der Waals surface area contributed by atoms with Gasteiger partial charge in [-0.15, -0.1) is 0 Å². The maximum absolute atomic E-state index is 13.4. The summed E-state index contributed by atoms with van der Waals surface area (Å²) in [6, 6.07) is 8.37. The van der Waals surface area contributed by atoms with Crippen molar-refractivity contribution in [3.05, 3.63) is 107 Å². The normalized spacial score (nSPS) is 12.7. The highest BCUT2D eigenvalue weighted by molar-refractivity contribution is 5.29. The van der Waals surface area contributed by atoms with Gasteiger partial charge < -0.3 is 9.97 Å². The fourth-order valence-electron chi connectivity index (χ4n) is 3.05. The molecule has 0 aliphatic rings. The molecule has 0 radical (unpaired) electrons. The zero-order chi connectivity index (χ0) is 21.7. The molecule has 0 amide bonds. The molecule has 4 rings (SSSR count). The number of hydrogen-bond donors (Lipinski definition) is 2. The lowest BCUT2D eigenvalue weighted by atomic mass is 9.98. The van der Waals surface area contributed by atoms with E-state index in [0.717, 1.165) is 23.5 Å². The second kappa shape index (κ2) is 9.39. The molecule has 2 atom stereocenters. The molecule has 2 aromatic heterocycles. The molecule has 156 valence electrons. The minimum Gasteiger partial charge on any atom is -0.348 e. The summed E-state index contributed by atoms with van der Waals surface area (Å²) in [6.45, 7) is 3.59. The fourth-order valence-corrected chi connectivity index (χ4v) is 3.05. The third-order valence-corrected chi connectivity index (χ3v) is 4.87. The maximum Gasteiger partial charge on any atom is 0.162 e. The number of nitrogens with one attached hydrogen (secondary N) is 2. The quantitative estimate of drug-likeness (QED) is 0.421. The molecule has 30 heavy (non-hydrogen) atoms. The highest BCUT2D eigenvalue weighted by Crippen LogP contribution is 2.26. The Hall–Kier alpha value is -3.42. The van der Waals surface area contributed by atoms with Crippen LogP contribution >= 0.6 is 0 Å². The smallest absolute Gasteiger partial charge is 0.162 e. The molecule has 2 N–H and O–H groups in total. The van der Waals surface area contributed by atoms with Crippen molar-refractivity contribution in [2.45, 2.75) is 25.7 Å². The van der Waals surface area contributed by atoms with Gasteiger partial charge in [-0.1, -0.05) is 38.1 Å².